The van der Waals surface area contributed by atoms with Gasteiger partial charge in [0, 0.05) is 6.42 Å². The van der Waals surface area contributed by atoms with Gasteiger partial charge in [0.1, 0.15) is 23.3 Å². The summed E-state index contributed by atoms with van der Waals surface area (Å²) < 4.78 is 33.3. The quantitative estimate of drug-likeness (QED) is 0.354. The van der Waals surface area contributed by atoms with Crippen LogP contribution < -0.4 is 14.2 Å². The lowest BCUT2D eigenvalue weighted by Gasteiger charge is -2.20. The van der Waals surface area contributed by atoms with Crippen LogP contribution >= 0.6 is 0 Å². The van der Waals surface area contributed by atoms with E-state index in [0.717, 1.165) is 0 Å². The number of carbonyl (C=O) groups is 2. The number of amides is 1. The van der Waals surface area contributed by atoms with Crippen LogP contribution in [0.3, 0.4) is 0 Å². The summed E-state index contributed by atoms with van der Waals surface area (Å²) in [5, 5.41) is 5.69. The summed E-state index contributed by atoms with van der Waals surface area (Å²) in [4.78, 5) is 26.0. The molecule has 190 valence electrons. The number of hydrogen-bond donors (Lipinski definition) is 0. The van der Waals surface area contributed by atoms with Crippen molar-refractivity contribution in [2.45, 2.75) is 33.2 Å². The van der Waals surface area contributed by atoms with Gasteiger partial charge in [-0.3, -0.25) is 4.79 Å². The number of rotatable bonds is 11. The normalized spacial score (nSPS) is 14.9. The van der Waals surface area contributed by atoms with E-state index < -0.39 is 24.5 Å². The summed E-state index contributed by atoms with van der Waals surface area (Å²) in [6.45, 7) is 6.08. The fourth-order valence-electron chi connectivity index (χ4n) is 3.82. The molecule has 1 amide bonds. The van der Waals surface area contributed by atoms with Gasteiger partial charge in [0.2, 0.25) is 5.75 Å². The fourth-order valence-corrected chi connectivity index (χ4v) is 3.82. The highest BCUT2D eigenvalue weighted by Gasteiger charge is 2.36. The van der Waals surface area contributed by atoms with Gasteiger partial charge in [0.05, 0.1) is 37.9 Å². The Balaban J connectivity index is 1.51. The Morgan fingerprint density at radius 3 is 2.22 bits per heavy atom. The van der Waals surface area contributed by atoms with Crippen LogP contribution in [0.5, 0.6) is 17.2 Å². The minimum Gasteiger partial charge on any atom is -0.490 e. The van der Waals surface area contributed by atoms with Gasteiger partial charge in [-0.1, -0.05) is 0 Å². The highest BCUT2D eigenvalue weighted by Crippen LogP contribution is 2.39. The van der Waals surface area contributed by atoms with E-state index in [1.165, 1.54) is 29.7 Å². The molecule has 0 fully saturated rings. The van der Waals surface area contributed by atoms with Crippen molar-refractivity contribution in [1.29, 1.82) is 0 Å². The third kappa shape index (κ3) is 5.37. The van der Waals surface area contributed by atoms with E-state index in [0.29, 0.717) is 60.7 Å². The predicted octanol–water partition coefficient (Wildman–Crippen LogP) is 4.60. The molecule has 1 aromatic carbocycles. The summed E-state index contributed by atoms with van der Waals surface area (Å²) in [7, 11) is 0. The Kier molecular flexibility index (Phi) is 7.94. The number of furan rings is 2. The lowest BCUT2D eigenvalue weighted by molar-refractivity contribution is -0.136. The summed E-state index contributed by atoms with van der Waals surface area (Å²) in [5.41, 5.74) is 0.761. The lowest BCUT2D eigenvalue weighted by Crippen LogP contribution is -2.31. The number of nitrogens with zero attached hydrogens (tertiary/aromatic N) is 2. The zero-order chi connectivity index (χ0) is 25.5. The first-order chi connectivity index (χ1) is 17.5. The first-order valence-corrected chi connectivity index (χ1v) is 11.8. The molecule has 2 aromatic heterocycles. The molecule has 0 N–H and O–H groups in total. The second kappa shape index (κ2) is 11.5. The van der Waals surface area contributed by atoms with Crippen LogP contribution in [0.4, 0.5) is 0 Å². The minimum atomic E-state index is -0.711. The monoisotopic (exact) mass is 496 g/mol. The van der Waals surface area contributed by atoms with Crippen LogP contribution in [-0.2, 0) is 9.53 Å². The van der Waals surface area contributed by atoms with E-state index in [2.05, 4.69) is 5.10 Å². The van der Waals surface area contributed by atoms with Crippen LogP contribution in [0, 0.1) is 0 Å². The van der Waals surface area contributed by atoms with E-state index in [9.17, 15) is 9.59 Å². The zero-order valence-corrected chi connectivity index (χ0v) is 20.4. The maximum atomic E-state index is 13.1. The molecule has 1 unspecified atom stereocenters. The van der Waals surface area contributed by atoms with Crippen molar-refractivity contribution in [3.05, 3.63) is 66.0 Å². The minimum absolute atomic E-state index is 0.168. The molecule has 3 aromatic rings. The summed E-state index contributed by atoms with van der Waals surface area (Å²) in [5.74, 6) is 1.02. The predicted molar refractivity (Wildman–Crippen MR) is 128 cm³/mol. The van der Waals surface area contributed by atoms with Crippen molar-refractivity contribution in [1.82, 2.24) is 5.01 Å². The first-order valence-electron chi connectivity index (χ1n) is 11.8. The molecule has 36 heavy (non-hydrogen) atoms. The molecule has 0 saturated carbocycles. The molecule has 0 aliphatic carbocycles. The largest absolute Gasteiger partial charge is 0.490 e. The number of carbonyl (C=O) groups excluding carboxylic acids is 2. The molecule has 0 radical (unpaired) electrons. The molecule has 10 heteroatoms. The van der Waals surface area contributed by atoms with Gasteiger partial charge in [-0.2, -0.15) is 5.10 Å². The smallest absolute Gasteiger partial charge is 0.338 e. The Morgan fingerprint density at radius 2 is 1.64 bits per heavy atom. The van der Waals surface area contributed by atoms with Gasteiger partial charge in [-0.15, -0.1) is 0 Å². The molecular formula is C26H28N2O8. The number of hydrazone groups is 1. The van der Waals surface area contributed by atoms with Crippen molar-refractivity contribution in [2.24, 2.45) is 5.10 Å². The van der Waals surface area contributed by atoms with Crippen LogP contribution in [0.15, 0.2) is 62.9 Å². The molecule has 1 aliphatic heterocycles. The van der Waals surface area contributed by atoms with Gasteiger partial charge in [0.25, 0.3) is 5.91 Å². The molecular weight excluding hydrogens is 468 g/mol. The van der Waals surface area contributed by atoms with E-state index in [1.54, 1.807) is 24.3 Å². The van der Waals surface area contributed by atoms with E-state index in [1.807, 2.05) is 20.8 Å². The Hall–Kier alpha value is -4.21. The van der Waals surface area contributed by atoms with E-state index in [4.69, 9.17) is 27.8 Å². The molecule has 1 atom stereocenters. The second-order valence-corrected chi connectivity index (χ2v) is 7.67. The van der Waals surface area contributed by atoms with Crippen LogP contribution in [0.2, 0.25) is 0 Å². The molecule has 4 rings (SSSR count). The maximum absolute atomic E-state index is 13.1. The lowest BCUT2D eigenvalue weighted by atomic mass is 10.1. The second-order valence-electron chi connectivity index (χ2n) is 7.67. The van der Waals surface area contributed by atoms with Gasteiger partial charge in [-0.25, -0.2) is 9.80 Å². The van der Waals surface area contributed by atoms with Crippen LogP contribution in [0.25, 0.3) is 0 Å². The summed E-state index contributed by atoms with van der Waals surface area (Å²) in [6.07, 6.45) is 3.46. The average Bonchev–Trinajstić information content (AvgIpc) is 3.65. The highest BCUT2D eigenvalue weighted by molar-refractivity contribution is 6.01. The van der Waals surface area contributed by atoms with Gasteiger partial charge in [-0.05, 0) is 57.2 Å². The molecule has 0 saturated heterocycles. The average molecular weight is 497 g/mol. The van der Waals surface area contributed by atoms with Gasteiger partial charge < -0.3 is 27.8 Å². The SMILES string of the molecule is CCOc1cc(C(=O)OCC(=O)N2N=C(c3ccco3)CC2c2ccco2)cc(OCC)c1OCC. The van der Waals surface area contributed by atoms with Crippen molar-refractivity contribution in [2.75, 3.05) is 26.4 Å². The third-order valence-corrected chi connectivity index (χ3v) is 5.31. The fraction of sp³-hybridized carbons (Fsp3) is 0.346. The molecule has 10 nitrogen and oxygen atoms in total. The van der Waals surface area contributed by atoms with Crippen molar-refractivity contribution < 1.29 is 37.4 Å². The van der Waals surface area contributed by atoms with Gasteiger partial charge in [0.15, 0.2) is 18.1 Å². The molecule has 0 spiro atoms. The standard InChI is InChI=1S/C26H28N2O8/c1-4-31-22-13-17(14-23(32-5-2)25(22)33-6-3)26(30)36-16-24(29)28-19(21-10-8-12-35-21)15-18(27-28)20-9-7-11-34-20/h7-14,19H,4-6,15-16H2,1-3H3. The topological polar surface area (TPSA) is 113 Å². The van der Waals surface area contributed by atoms with Crippen LogP contribution in [0.1, 0.15) is 55.1 Å². The summed E-state index contributed by atoms with van der Waals surface area (Å²) in [6, 6.07) is 9.56. The Morgan fingerprint density at radius 1 is 0.972 bits per heavy atom. The number of benzene rings is 1. The highest BCUT2D eigenvalue weighted by atomic mass is 16.5. The summed E-state index contributed by atoms with van der Waals surface area (Å²) >= 11 is 0. The number of ether oxygens (including phenoxy) is 4. The van der Waals surface area contributed by atoms with Crippen LogP contribution in [-0.4, -0.2) is 49.0 Å². The van der Waals surface area contributed by atoms with Crippen molar-refractivity contribution in [3.63, 3.8) is 0 Å². The Labute approximate surface area is 208 Å². The molecule has 0 bridgehead atoms. The molecule has 1 aliphatic rings. The number of hydrogen-bond acceptors (Lipinski definition) is 9. The van der Waals surface area contributed by atoms with E-state index >= 15 is 0 Å². The maximum Gasteiger partial charge on any atom is 0.338 e. The van der Waals surface area contributed by atoms with Crippen molar-refractivity contribution >= 4 is 17.6 Å². The van der Waals surface area contributed by atoms with Crippen molar-refractivity contribution in [3.8, 4) is 17.2 Å². The third-order valence-electron chi connectivity index (χ3n) is 5.31. The van der Waals surface area contributed by atoms with Gasteiger partial charge >= 0.3 is 5.97 Å². The first kappa shape index (κ1) is 24.9. The van der Waals surface area contributed by atoms with E-state index in [-0.39, 0.29) is 5.56 Å². The zero-order valence-electron chi connectivity index (χ0n) is 20.4. The molecule has 3 heterocycles. The number of esters is 1. The Bertz CT molecular complexity index is 1170.